The first-order valence-electron chi connectivity index (χ1n) is 3.96. The number of rotatable bonds is 2. The summed E-state index contributed by atoms with van der Waals surface area (Å²) in [7, 11) is 0. The van der Waals surface area contributed by atoms with E-state index in [0.29, 0.717) is 5.92 Å². The highest BCUT2D eigenvalue weighted by Crippen LogP contribution is 2.27. The van der Waals surface area contributed by atoms with Gasteiger partial charge in [-0.15, -0.1) is 0 Å². The molecule has 0 aromatic heterocycles. The van der Waals surface area contributed by atoms with Crippen LogP contribution < -0.4 is 0 Å². The van der Waals surface area contributed by atoms with Crippen molar-refractivity contribution in [3.8, 4) is 0 Å². The van der Waals surface area contributed by atoms with E-state index in [1.807, 2.05) is 27.0 Å². The van der Waals surface area contributed by atoms with Crippen LogP contribution in [0, 0.1) is 5.92 Å². The Bertz CT molecular complexity index is 158. The monoisotopic (exact) mass is 173 g/mol. The average Bonchev–Trinajstić information content (AvgIpc) is 2.62. The molecule has 3 heteroatoms. The van der Waals surface area contributed by atoms with Gasteiger partial charge in [0.15, 0.2) is 0 Å². The van der Waals surface area contributed by atoms with Gasteiger partial charge in [-0.25, -0.2) is 0 Å². The summed E-state index contributed by atoms with van der Waals surface area (Å²) in [5, 5.41) is 0. The van der Waals surface area contributed by atoms with Gasteiger partial charge in [-0.3, -0.25) is 0 Å². The van der Waals surface area contributed by atoms with Gasteiger partial charge in [0.2, 0.25) is 0 Å². The molecule has 1 aliphatic rings. The largest absolute Gasteiger partial charge is 0.591 e. The summed E-state index contributed by atoms with van der Waals surface area (Å²) in [5.74, 6) is 0.626. The minimum atomic E-state index is -1.05. The lowest BCUT2D eigenvalue weighted by Gasteiger charge is -2.17. The maximum Gasteiger partial charge on any atom is 0.144 e. The molecule has 1 aliphatic carbocycles. The summed E-state index contributed by atoms with van der Waals surface area (Å²) in [6, 6.07) is 0. The van der Waals surface area contributed by atoms with Crippen LogP contribution in [-0.2, 0) is 11.4 Å². The van der Waals surface area contributed by atoms with Crippen LogP contribution in [0.15, 0.2) is 4.40 Å². The first kappa shape index (κ1) is 9.07. The fraction of sp³-hybridized carbons (Fsp3) is 0.875. The van der Waals surface area contributed by atoms with Crippen molar-refractivity contribution < 1.29 is 4.55 Å². The molecule has 1 atom stereocenters. The third-order valence-corrected chi connectivity index (χ3v) is 2.87. The predicted octanol–water partition coefficient (Wildman–Crippen LogP) is 1.93. The molecule has 0 N–H and O–H groups in total. The molecule has 0 aromatic carbocycles. The Morgan fingerprint density at radius 3 is 2.36 bits per heavy atom. The topological polar surface area (TPSA) is 35.4 Å². The summed E-state index contributed by atoms with van der Waals surface area (Å²) in [6.45, 7) is 5.81. The van der Waals surface area contributed by atoms with Crippen LogP contribution in [0.25, 0.3) is 0 Å². The summed E-state index contributed by atoms with van der Waals surface area (Å²) in [4.78, 5) is 0. The normalized spacial score (nSPS) is 22.5. The van der Waals surface area contributed by atoms with E-state index in [1.54, 1.807) is 0 Å². The molecular formula is C8H15NOS. The van der Waals surface area contributed by atoms with Gasteiger partial charge in [0, 0.05) is 0 Å². The van der Waals surface area contributed by atoms with Gasteiger partial charge >= 0.3 is 0 Å². The van der Waals surface area contributed by atoms with E-state index in [2.05, 4.69) is 4.40 Å². The molecule has 11 heavy (non-hydrogen) atoms. The Hall–Kier alpha value is -0.0200. The molecule has 0 bridgehead atoms. The van der Waals surface area contributed by atoms with Crippen LogP contribution in [-0.4, -0.2) is 15.5 Å². The molecule has 0 spiro atoms. The minimum Gasteiger partial charge on any atom is -0.591 e. The molecule has 1 fully saturated rings. The molecule has 0 aromatic rings. The van der Waals surface area contributed by atoms with E-state index in [4.69, 9.17) is 0 Å². The van der Waals surface area contributed by atoms with Crippen LogP contribution >= 0.6 is 0 Å². The lowest BCUT2D eigenvalue weighted by molar-refractivity contribution is 0.561. The van der Waals surface area contributed by atoms with E-state index in [1.165, 1.54) is 12.8 Å². The highest BCUT2D eigenvalue weighted by atomic mass is 32.2. The molecule has 0 heterocycles. The molecule has 1 rings (SSSR count). The van der Waals surface area contributed by atoms with Crippen molar-refractivity contribution in [2.24, 2.45) is 10.3 Å². The van der Waals surface area contributed by atoms with Crippen molar-refractivity contribution in [3.63, 3.8) is 0 Å². The van der Waals surface area contributed by atoms with Gasteiger partial charge < -0.3 is 4.55 Å². The first-order chi connectivity index (χ1) is 5.00. The lowest BCUT2D eigenvalue weighted by atomic mass is 10.3. The van der Waals surface area contributed by atoms with Crippen molar-refractivity contribution in [2.45, 2.75) is 38.4 Å². The Balaban J connectivity index is 2.34. The molecule has 1 saturated carbocycles. The fourth-order valence-electron chi connectivity index (χ4n) is 0.545. The third kappa shape index (κ3) is 3.25. The highest BCUT2D eigenvalue weighted by Gasteiger charge is 2.27. The summed E-state index contributed by atoms with van der Waals surface area (Å²) >= 11 is -1.05. The fourth-order valence-corrected chi connectivity index (χ4v) is 1.14. The molecule has 0 amide bonds. The zero-order valence-electron chi connectivity index (χ0n) is 7.33. The van der Waals surface area contributed by atoms with Crippen LogP contribution in [0.1, 0.15) is 33.6 Å². The van der Waals surface area contributed by atoms with Crippen LogP contribution in [0.5, 0.6) is 0 Å². The standard InChI is InChI=1S/C8H15NOS/c1-8(2,3)11(10)9-6-7-4-5-7/h6-7H,4-5H2,1-3H3/b9-6+/t11-/m0/s1. The second kappa shape index (κ2) is 3.15. The summed E-state index contributed by atoms with van der Waals surface area (Å²) in [5.41, 5.74) is 0. The maximum absolute atomic E-state index is 11.3. The van der Waals surface area contributed by atoms with Gasteiger partial charge in [0.25, 0.3) is 0 Å². The van der Waals surface area contributed by atoms with E-state index < -0.39 is 11.4 Å². The molecule has 0 aliphatic heterocycles. The molecule has 2 nitrogen and oxygen atoms in total. The molecule has 0 unspecified atom stereocenters. The predicted molar refractivity (Wildman–Crippen MR) is 49.1 cm³/mol. The molecule has 0 radical (unpaired) electrons. The van der Waals surface area contributed by atoms with Crippen molar-refractivity contribution in [1.82, 2.24) is 0 Å². The number of nitrogens with zero attached hydrogens (tertiary/aromatic N) is 1. The van der Waals surface area contributed by atoms with Gasteiger partial charge in [-0.05, 0) is 39.5 Å². The van der Waals surface area contributed by atoms with Crippen LogP contribution in [0.3, 0.4) is 0 Å². The SMILES string of the molecule is CC(C)(C)[S@+]([O-])/N=C/C1CC1. The molecular weight excluding hydrogens is 158 g/mol. The first-order valence-corrected chi connectivity index (χ1v) is 5.07. The van der Waals surface area contributed by atoms with E-state index in [9.17, 15) is 4.55 Å². The Kier molecular flexibility index (Phi) is 2.60. The van der Waals surface area contributed by atoms with Crippen molar-refractivity contribution in [1.29, 1.82) is 0 Å². The zero-order valence-corrected chi connectivity index (χ0v) is 8.15. The van der Waals surface area contributed by atoms with E-state index in [-0.39, 0.29) is 4.75 Å². The van der Waals surface area contributed by atoms with Gasteiger partial charge in [0.1, 0.15) is 16.1 Å². The highest BCUT2D eigenvalue weighted by molar-refractivity contribution is 7.91. The zero-order chi connectivity index (χ0) is 8.48. The molecule has 0 saturated heterocycles. The average molecular weight is 173 g/mol. The van der Waals surface area contributed by atoms with Crippen molar-refractivity contribution >= 4 is 17.6 Å². The minimum absolute atomic E-state index is 0.203. The third-order valence-electron chi connectivity index (χ3n) is 1.51. The smallest absolute Gasteiger partial charge is 0.144 e. The van der Waals surface area contributed by atoms with Crippen LogP contribution in [0.4, 0.5) is 0 Å². The van der Waals surface area contributed by atoms with Crippen molar-refractivity contribution in [3.05, 3.63) is 0 Å². The summed E-state index contributed by atoms with van der Waals surface area (Å²) in [6.07, 6.45) is 4.30. The van der Waals surface area contributed by atoms with Gasteiger partial charge in [-0.1, -0.05) is 4.40 Å². The molecule has 64 valence electrons. The lowest BCUT2D eigenvalue weighted by Crippen LogP contribution is -2.25. The van der Waals surface area contributed by atoms with Gasteiger partial charge in [-0.2, -0.15) is 0 Å². The van der Waals surface area contributed by atoms with E-state index in [0.717, 1.165) is 0 Å². The van der Waals surface area contributed by atoms with Gasteiger partial charge in [0.05, 0.1) is 6.21 Å². The second-order valence-corrected chi connectivity index (χ2v) is 5.89. The number of hydrogen-bond acceptors (Lipinski definition) is 2. The maximum atomic E-state index is 11.3. The quantitative estimate of drug-likeness (QED) is 0.464. The van der Waals surface area contributed by atoms with E-state index >= 15 is 0 Å². The van der Waals surface area contributed by atoms with Crippen LogP contribution in [0.2, 0.25) is 0 Å². The Morgan fingerprint density at radius 1 is 1.45 bits per heavy atom. The Morgan fingerprint density at radius 2 is 2.00 bits per heavy atom. The van der Waals surface area contributed by atoms with Crippen molar-refractivity contribution in [2.75, 3.05) is 0 Å². The number of hydrogen-bond donors (Lipinski definition) is 0. The Labute approximate surface area is 71.4 Å². The summed E-state index contributed by atoms with van der Waals surface area (Å²) < 4.78 is 15.1. The second-order valence-electron chi connectivity index (χ2n) is 3.95.